The van der Waals surface area contributed by atoms with E-state index in [1.807, 2.05) is 0 Å². The van der Waals surface area contributed by atoms with E-state index < -0.39 is 0 Å². The lowest BCUT2D eigenvalue weighted by Crippen LogP contribution is -2.60. The molecule has 0 amide bonds. The second-order valence-corrected chi connectivity index (χ2v) is 6.34. The molecule has 1 fully saturated rings. The van der Waals surface area contributed by atoms with E-state index in [-0.39, 0.29) is 5.54 Å². The summed E-state index contributed by atoms with van der Waals surface area (Å²) >= 11 is 0. The molecule has 0 radical (unpaired) electrons. The number of hydrogen-bond donors (Lipinski definition) is 1. The molecule has 0 spiro atoms. The molecule has 3 heteroatoms. The van der Waals surface area contributed by atoms with Gasteiger partial charge in [0.25, 0.3) is 0 Å². The number of rotatable bonds is 5. The van der Waals surface area contributed by atoms with Crippen LogP contribution in [0.5, 0.6) is 0 Å². The van der Waals surface area contributed by atoms with Crippen LogP contribution in [0, 0.1) is 0 Å². The summed E-state index contributed by atoms with van der Waals surface area (Å²) in [6, 6.07) is 11.8. The molecule has 1 saturated heterocycles. The number of nitrogens with one attached hydrogen (secondary N) is 1. The van der Waals surface area contributed by atoms with E-state index in [0.717, 1.165) is 19.7 Å². The average molecular weight is 276 g/mol. The summed E-state index contributed by atoms with van der Waals surface area (Å²) < 4.78 is 5.45. The predicted molar refractivity (Wildman–Crippen MR) is 83.9 cm³/mol. The van der Waals surface area contributed by atoms with Crippen LogP contribution < -0.4 is 5.32 Å². The molecule has 1 aromatic carbocycles. The maximum absolute atomic E-state index is 5.45. The van der Waals surface area contributed by atoms with Crippen molar-refractivity contribution >= 4 is 0 Å². The van der Waals surface area contributed by atoms with Crippen molar-refractivity contribution in [1.29, 1.82) is 0 Å². The lowest BCUT2D eigenvalue weighted by atomic mass is 9.93. The van der Waals surface area contributed by atoms with Crippen LogP contribution in [0.2, 0.25) is 0 Å². The van der Waals surface area contributed by atoms with Gasteiger partial charge in [-0.3, -0.25) is 4.90 Å². The first-order valence-electron chi connectivity index (χ1n) is 7.62. The Labute approximate surface area is 123 Å². The van der Waals surface area contributed by atoms with Gasteiger partial charge in [-0.1, -0.05) is 37.3 Å². The standard InChI is InChI=1S/C17H28N2O/c1-5-15-12-19(17(2,3)13-20-4)16(11-18-15)14-9-7-6-8-10-14/h6-10,15-16,18H,5,11-13H2,1-4H3. The third kappa shape index (κ3) is 3.40. The summed E-state index contributed by atoms with van der Waals surface area (Å²) in [5, 5.41) is 3.68. The van der Waals surface area contributed by atoms with E-state index in [0.29, 0.717) is 12.1 Å². The molecule has 2 rings (SSSR count). The van der Waals surface area contributed by atoms with Gasteiger partial charge in [0.05, 0.1) is 6.61 Å². The second kappa shape index (κ2) is 6.70. The van der Waals surface area contributed by atoms with Crippen molar-refractivity contribution in [3.63, 3.8) is 0 Å². The fourth-order valence-electron chi connectivity index (χ4n) is 3.17. The van der Waals surface area contributed by atoms with E-state index >= 15 is 0 Å². The lowest BCUT2D eigenvalue weighted by molar-refractivity contribution is -0.0183. The number of nitrogens with zero attached hydrogens (tertiary/aromatic N) is 1. The minimum Gasteiger partial charge on any atom is -0.383 e. The predicted octanol–water partition coefficient (Wildman–Crippen LogP) is 2.84. The van der Waals surface area contributed by atoms with Crippen molar-refractivity contribution in [2.75, 3.05) is 26.8 Å². The van der Waals surface area contributed by atoms with Gasteiger partial charge in [0.15, 0.2) is 0 Å². The highest BCUT2D eigenvalue weighted by atomic mass is 16.5. The molecule has 112 valence electrons. The quantitative estimate of drug-likeness (QED) is 0.895. The van der Waals surface area contributed by atoms with Crippen LogP contribution >= 0.6 is 0 Å². The van der Waals surface area contributed by atoms with E-state index in [4.69, 9.17) is 4.74 Å². The number of benzene rings is 1. The van der Waals surface area contributed by atoms with Crippen molar-refractivity contribution in [3.8, 4) is 0 Å². The third-order valence-corrected chi connectivity index (χ3v) is 4.35. The molecule has 2 unspecified atom stereocenters. The molecular weight excluding hydrogens is 248 g/mol. The average Bonchev–Trinajstić information content (AvgIpc) is 2.47. The van der Waals surface area contributed by atoms with E-state index in [9.17, 15) is 0 Å². The molecule has 20 heavy (non-hydrogen) atoms. The maximum Gasteiger partial charge on any atom is 0.0641 e. The highest BCUT2D eigenvalue weighted by molar-refractivity contribution is 5.21. The van der Waals surface area contributed by atoms with E-state index in [1.54, 1.807) is 7.11 Å². The van der Waals surface area contributed by atoms with E-state index in [2.05, 4.69) is 61.3 Å². The molecule has 3 nitrogen and oxygen atoms in total. The third-order valence-electron chi connectivity index (χ3n) is 4.35. The van der Waals surface area contributed by atoms with E-state index in [1.165, 1.54) is 12.0 Å². The molecule has 1 heterocycles. The Morgan fingerprint density at radius 3 is 2.60 bits per heavy atom. The zero-order chi connectivity index (χ0) is 14.6. The lowest BCUT2D eigenvalue weighted by Gasteiger charge is -2.49. The van der Waals surface area contributed by atoms with Gasteiger partial charge >= 0.3 is 0 Å². The Kier molecular flexibility index (Phi) is 5.19. The minimum absolute atomic E-state index is 0.0464. The fourth-order valence-corrected chi connectivity index (χ4v) is 3.17. The molecule has 0 aliphatic carbocycles. The van der Waals surface area contributed by atoms with Crippen molar-refractivity contribution in [2.24, 2.45) is 0 Å². The zero-order valence-corrected chi connectivity index (χ0v) is 13.2. The van der Waals surface area contributed by atoms with Crippen LogP contribution in [0.3, 0.4) is 0 Å². The van der Waals surface area contributed by atoms with Crippen LogP contribution in [-0.2, 0) is 4.74 Å². The number of hydrogen-bond acceptors (Lipinski definition) is 3. The largest absolute Gasteiger partial charge is 0.383 e. The number of piperazine rings is 1. The molecule has 1 aliphatic heterocycles. The molecule has 0 bridgehead atoms. The first-order chi connectivity index (χ1) is 9.58. The van der Waals surface area contributed by atoms with Gasteiger partial charge < -0.3 is 10.1 Å². The minimum atomic E-state index is 0.0464. The fraction of sp³-hybridized carbons (Fsp3) is 0.647. The van der Waals surface area contributed by atoms with Crippen molar-refractivity contribution in [1.82, 2.24) is 10.2 Å². The molecule has 1 aliphatic rings. The molecular formula is C17H28N2O. The molecule has 2 atom stereocenters. The van der Waals surface area contributed by atoms with Crippen LogP contribution in [0.4, 0.5) is 0 Å². The van der Waals surface area contributed by atoms with Gasteiger partial charge in [0.1, 0.15) is 0 Å². The van der Waals surface area contributed by atoms with Crippen molar-refractivity contribution in [3.05, 3.63) is 35.9 Å². The smallest absolute Gasteiger partial charge is 0.0641 e. The SMILES string of the molecule is CCC1CN(C(C)(C)COC)C(c2ccccc2)CN1. The van der Waals surface area contributed by atoms with Crippen molar-refractivity contribution < 1.29 is 4.74 Å². The summed E-state index contributed by atoms with van der Waals surface area (Å²) in [5.41, 5.74) is 1.43. The first kappa shape index (κ1) is 15.5. The van der Waals surface area contributed by atoms with Gasteiger partial charge in [0, 0.05) is 37.8 Å². The summed E-state index contributed by atoms with van der Waals surface area (Å²) in [6.45, 7) is 9.66. The molecule has 1 N–H and O–H groups in total. The topological polar surface area (TPSA) is 24.5 Å². The van der Waals surface area contributed by atoms with Gasteiger partial charge in [-0.15, -0.1) is 0 Å². The summed E-state index contributed by atoms with van der Waals surface area (Å²) in [7, 11) is 1.79. The summed E-state index contributed by atoms with van der Waals surface area (Å²) in [5.74, 6) is 0. The Hall–Kier alpha value is -0.900. The Balaban J connectivity index is 2.24. The zero-order valence-electron chi connectivity index (χ0n) is 13.2. The molecule has 1 aromatic rings. The van der Waals surface area contributed by atoms with Gasteiger partial charge in [0.2, 0.25) is 0 Å². The Morgan fingerprint density at radius 2 is 2.00 bits per heavy atom. The van der Waals surface area contributed by atoms with Gasteiger partial charge in [-0.25, -0.2) is 0 Å². The van der Waals surface area contributed by atoms with Gasteiger partial charge in [-0.2, -0.15) is 0 Å². The Morgan fingerprint density at radius 1 is 1.30 bits per heavy atom. The number of ether oxygens (including phenoxy) is 1. The summed E-state index contributed by atoms with van der Waals surface area (Å²) in [6.07, 6.45) is 1.17. The van der Waals surface area contributed by atoms with Crippen LogP contribution in [0.1, 0.15) is 38.8 Å². The first-order valence-corrected chi connectivity index (χ1v) is 7.62. The van der Waals surface area contributed by atoms with Gasteiger partial charge in [-0.05, 0) is 25.8 Å². The van der Waals surface area contributed by atoms with Crippen LogP contribution in [-0.4, -0.2) is 43.3 Å². The maximum atomic E-state index is 5.45. The van der Waals surface area contributed by atoms with Crippen molar-refractivity contribution in [2.45, 2.75) is 44.8 Å². The van der Waals surface area contributed by atoms with Crippen LogP contribution in [0.15, 0.2) is 30.3 Å². The summed E-state index contributed by atoms with van der Waals surface area (Å²) in [4.78, 5) is 2.61. The molecule has 0 aromatic heterocycles. The number of methoxy groups -OCH3 is 1. The highest BCUT2D eigenvalue weighted by Gasteiger charge is 2.37. The highest BCUT2D eigenvalue weighted by Crippen LogP contribution is 2.31. The second-order valence-electron chi connectivity index (χ2n) is 6.34. The van der Waals surface area contributed by atoms with Crippen LogP contribution in [0.25, 0.3) is 0 Å². The monoisotopic (exact) mass is 276 g/mol. The molecule has 0 saturated carbocycles. The Bertz CT molecular complexity index is 405. The normalized spacial score (nSPS) is 24.8.